The zero-order valence-corrected chi connectivity index (χ0v) is 9.85. The second-order valence-corrected chi connectivity index (χ2v) is 4.49. The van der Waals surface area contributed by atoms with Gasteiger partial charge in [0.15, 0.2) is 0 Å². The summed E-state index contributed by atoms with van der Waals surface area (Å²) in [4.78, 5) is 10.5. The monoisotopic (exact) mass is 246 g/mol. The van der Waals surface area contributed by atoms with Gasteiger partial charge in [-0.3, -0.25) is 4.79 Å². The van der Waals surface area contributed by atoms with Crippen LogP contribution in [0.4, 0.5) is 0 Å². The van der Waals surface area contributed by atoms with E-state index in [1.54, 1.807) is 12.1 Å². The number of carbonyl (C=O) groups is 1. The van der Waals surface area contributed by atoms with Gasteiger partial charge in [-0.05, 0) is 30.0 Å². The molecular weight excluding hydrogens is 235 g/mol. The molecule has 0 amide bonds. The first-order chi connectivity index (χ1) is 6.99. The van der Waals surface area contributed by atoms with Crippen LogP contribution in [0.5, 0.6) is 0 Å². The Kier molecular flexibility index (Phi) is 4.43. The Morgan fingerprint density at radius 3 is 2.67 bits per heavy atom. The number of hydrogen-bond donors (Lipinski definition) is 1. The van der Waals surface area contributed by atoms with E-state index in [4.69, 9.17) is 28.3 Å². The van der Waals surface area contributed by atoms with Crippen LogP contribution in [0.3, 0.4) is 0 Å². The van der Waals surface area contributed by atoms with Crippen LogP contribution in [0.15, 0.2) is 18.2 Å². The van der Waals surface area contributed by atoms with Gasteiger partial charge in [0.05, 0.1) is 0 Å². The Morgan fingerprint density at radius 1 is 1.47 bits per heavy atom. The van der Waals surface area contributed by atoms with E-state index >= 15 is 0 Å². The number of aliphatic carboxylic acids is 1. The van der Waals surface area contributed by atoms with Gasteiger partial charge in [0.1, 0.15) is 0 Å². The molecule has 0 fully saturated rings. The normalized spacial score (nSPS) is 12.5. The fraction of sp³-hybridized carbons (Fsp3) is 0.364. The molecule has 0 radical (unpaired) electrons. The zero-order valence-electron chi connectivity index (χ0n) is 8.34. The summed E-state index contributed by atoms with van der Waals surface area (Å²) in [5, 5.41) is 9.81. The number of benzene rings is 1. The summed E-state index contributed by atoms with van der Waals surface area (Å²) in [6.45, 7) is 1.89. The first kappa shape index (κ1) is 12.3. The molecule has 0 saturated carbocycles. The molecule has 1 aromatic carbocycles. The average Bonchev–Trinajstić information content (AvgIpc) is 2.08. The first-order valence-electron chi connectivity index (χ1n) is 4.64. The minimum atomic E-state index is -0.785. The fourth-order valence-electron chi connectivity index (χ4n) is 1.43. The number of rotatable bonds is 4. The van der Waals surface area contributed by atoms with Gasteiger partial charge in [-0.1, -0.05) is 36.2 Å². The number of hydrogen-bond acceptors (Lipinski definition) is 1. The molecule has 0 bridgehead atoms. The smallest absolute Gasteiger partial charge is 0.303 e. The summed E-state index contributed by atoms with van der Waals surface area (Å²) >= 11 is 11.7. The van der Waals surface area contributed by atoms with Gasteiger partial charge in [0.25, 0.3) is 0 Å². The second-order valence-electron chi connectivity index (χ2n) is 3.64. The Bertz CT molecular complexity index is 364. The third-order valence-electron chi connectivity index (χ3n) is 2.11. The Balaban J connectivity index is 2.68. The van der Waals surface area contributed by atoms with Crippen molar-refractivity contribution in [1.29, 1.82) is 0 Å². The SMILES string of the molecule is CC(CC(=O)O)Cc1ccc(Cl)cc1Cl. The molecule has 0 spiro atoms. The predicted molar refractivity (Wildman–Crippen MR) is 61.6 cm³/mol. The number of halogens is 2. The van der Waals surface area contributed by atoms with Crippen LogP contribution in [-0.2, 0) is 11.2 Å². The lowest BCUT2D eigenvalue weighted by Gasteiger charge is -2.10. The lowest BCUT2D eigenvalue weighted by atomic mass is 9.98. The van der Waals surface area contributed by atoms with Crippen molar-refractivity contribution in [2.75, 3.05) is 0 Å². The Hall–Kier alpha value is -0.730. The zero-order chi connectivity index (χ0) is 11.4. The van der Waals surface area contributed by atoms with Gasteiger partial charge >= 0.3 is 5.97 Å². The minimum Gasteiger partial charge on any atom is -0.481 e. The molecule has 1 atom stereocenters. The van der Waals surface area contributed by atoms with Crippen molar-refractivity contribution in [3.05, 3.63) is 33.8 Å². The highest BCUT2D eigenvalue weighted by atomic mass is 35.5. The van der Waals surface area contributed by atoms with Crippen molar-refractivity contribution in [2.45, 2.75) is 19.8 Å². The average molecular weight is 247 g/mol. The van der Waals surface area contributed by atoms with E-state index < -0.39 is 5.97 Å². The van der Waals surface area contributed by atoms with Crippen LogP contribution in [-0.4, -0.2) is 11.1 Å². The third kappa shape index (κ3) is 4.10. The van der Waals surface area contributed by atoms with Crippen molar-refractivity contribution >= 4 is 29.2 Å². The van der Waals surface area contributed by atoms with Crippen molar-refractivity contribution in [3.8, 4) is 0 Å². The molecule has 0 aromatic heterocycles. The van der Waals surface area contributed by atoms with Crippen molar-refractivity contribution in [3.63, 3.8) is 0 Å². The molecule has 1 aromatic rings. The van der Waals surface area contributed by atoms with E-state index in [0.29, 0.717) is 16.5 Å². The van der Waals surface area contributed by atoms with E-state index in [2.05, 4.69) is 0 Å². The molecule has 4 heteroatoms. The highest BCUT2D eigenvalue weighted by Crippen LogP contribution is 2.24. The molecular formula is C11H12Cl2O2. The Morgan fingerprint density at radius 2 is 2.13 bits per heavy atom. The van der Waals surface area contributed by atoms with E-state index in [-0.39, 0.29) is 12.3 Å². The van der Waals surface area contributed by atoms with Gasteiger partial charge in [-0.15, -0.1) is 0 Å². The van der Waals surface area contributed by atoms with E-state index in [1.165, 1.54) is 0 Å². The summed E-state index contributed by atoms with van der Waals surface area (Å²) < 4.78 is 0. The lowest BCUT2D eigenvalue weighted by Crippen LogP contribution is -2.07. The molecule has 0 aliphatic heterocycles. The van der Waals surface area contributed by atoms with Crippen LogP contribution in [0, 0.1) is 5.92 Å². The van der Waals surface area contributed by atoms with Gasteiger partial charge in [-0.2, -0.15) is 0 Å². The van der Waals surface area contributed by atoms with Crippen LogP contribution in [0.2, 0.25) is 10.0 Å². The van der Waals surface area contributed by atoms with Crippen molar-refractivity contribution in [1.82, 2.24) is 0 Å². The van der Waals surface area contributed by atoms with Gasteiger partial charge in [0.2, 0.25) is 0 Å². The van der Waals surface area contributed by atoms with E-state index in [9.17, 15) is 4.79 Å². The van der Waals surface area contributed by atoms with Crippen molar-refractivity contribution < 1.29 is 9.90 Å². The first-order valence-corrected chi connectivity index (χ1v) is 5.40. The molecule has 0 aliphatic rings. The Labute approximate surface area is 98.8 Å². The quantitative estimate of drug-likeness (QED) is 0.881. The predicted octanol–water partition coefficient (Wildman–Crippen LogP) is 3.65. The van der Waals surface area contributed by atoms with Crippen LogP contribution in [0.1, 0.15) is 18.9 Å². The maximum absolute atomic E-state index is 10.5. The maximum Gasteiger partial charge on any atom is 0.303 e. The summed E-state index contributed by atoms with van der Waals surface area (Å²) in [6.07, 6.45) is 0.807. The molecule has 0 saturated heterocycles. The summed E-state index contributed by atoms with van der Waals surface area (Å²) in [7, 11) is 0. The molecule has 0 aliphatic carbocycles. The van der Waals surface area contributed by atoms with E-state index in [1.807, 2.05) is 13.0 Å². The third-order valence-corrected chi connectivity index (χ3v) is 2.69. The minimum absolute atomic E-state index is 0.0705. The number of carboxylic acids is 1. The maximum atomic E-state index is 10.5. The highest BCUT2D eigenvalue weighted by molar-refractivity contribution is 6.35. The standard InChI is InChI=1S/C11H12Cl2O2/c1-7(5-11(14)15)4-8-2-3-9(12)6-10(8)13/h2-3,6-7H,4-5H2,1H3,(H,14,15). The van der Waals surface area contributed by atoms with Crippen LogP contribution in [0.25, 0.3) is 0 Å². The molecule has 1 rings (SSSR count). The molecule has 1 N–H and O–H groups in total. The molecule has 15 heavy (non-hydrogen) atoms. The van der Waals surface area contributed by atoms with Crippen LogP contribution < -0.4 is 0 Å². The molecule has 0 heterocycles. The lowest BCUT2D eigenvalue weighted by molar-refractivity contribution is -0.137. The highest BCUT2D eigenvalue weighted by Gasteiger charge is 2.10. The number of carboxylic acid groups (broad SMARTS) is 1. The van der Waals surface area contributed by atoms with Crippen LogP contribution >= 0.6 is 23.2 Å². The van der Waals surface area contributed by atoms with Gasteiger partial charge in [0, 0.05) is 16.5 Å². The molecule has 1 unspecified atom stereocenters. The topological polar surface area (TPSA) is 37.3 Å². The molecule has 2 nitrogen and oxygen atoms in total. The summed E-state index contributed by atoms with van der Waals surface area (Å²) in [6, 6.07) is 5.27. The second kappa shape index (κ2) is 5.38. The van der Waals surface area contributed by atoms with Crippen molar-refractivity contribution in [2.24, 2.45) is 5.92 Å². The summed E-state index contributed by atoms with van der Waals surface area (Å²) in [5.74, 6) is -0.714. The summed E-state index contributed by atoms with van der Waals surface area (Å²) in [5.41, 5.74) is 0.940. The van der Waals surface area contributed by atoms with Gasteiger partial charge < -0.3 is 5.11 Å². The largest absolute Gasteiger partial charge is 0.481 e. The molecule has 82 valence electrons. The van der Waals surface area contributed by atoms with Gasteiger partial charge in [-0.25, -0.2) is 0 Å². The van der Waals surface area contributed by atoms with E-state index in [0.717, 1.165) is 5.56 Å². The fourth-order valence-corrected chi connectivity index (χ4v) is 1.92.